The molecule has 0 atom stereocenters. The first kappa shape index (κ1) is 20.8. The van der Waals surface area contributed by atoms with E-state index in [4.69, 9.17) is 4.74 Å². The number of fused-ring (bicyclic) bond motifs is 1. The van der Waals surface area contributed by atoms with Gasteiger partial charge in [0.05, 0.1) is 10.5 Å². The molecule has 0 aliphatic carbocycles. The van der Waals surface area contributed by atoms with Crippen molar-refractivity contribution in [2.45, 2.75) is 4.90 Å². The lowest BCUT2D eigenvalue weighted by molar-refractivity contribution is -0.134. The summed E-state index contributed by atoms with van der Waals surface area (Å²) in [6, 6.07) is 21.6. The molecule has 3 aromatic rings. The number of hydrogen-bond donors (Lipinski definition) is 0. The highest BCUT2D eigenvalue weighted by Gasteiger charge is 2.31. The van der Waals surface area contributed by atoms with Crippen molar-refractivity contribution in [3.8, 4) is 11.8 Å². The third kappa shape index (κ3) is 4.38. The minimum absolute atomic E-state index is 0.00286. The number of ether oxygens (including phenoxy) is 1. The molecule has 3 aromatic carbocycles. The Kier molecular flexibility index (Phi) is 5.89. The number of amides is 1. The summed E-state index contributed by atoms with van der Waals surface area (Å²) in [5.74, 6) is 0.420. The normalized spacial score (nSPS) is 14.9. The van der Waals surface area contributed by atoms with Crippen LogP contribution in [-0.4, -0.2) is 56.3 Å². The lowest BCUT2D eigenvalue weighted by Crippen LogP contribution is -2.51. The van der Waals surface area contributed by atoms with Crippen LogP contribution in [0.4, 0.5) is 0 Å². The van der Waals surface area contributed by atoms with Crippen molar-refractivity contribution in [2.24, 2.45) is 0 Å². The maximum atomic E-state index is 12.9. The fourth-order valence-corrected chi connectivity index (χ4v) is 5.16. The fraction of sp³-hybridized carbons (Fsp3) is 0.217. The van der Waals surface area contributed by atoms with Gasteiger partial charge in [-0.05, 0) is 35.0 Å². The molecule has 0 aromatic heterocycles. The standard InChI is InChI=1S/C23H21N3O4S/c24-16-20-7-3-4-8-22(20)31(28,29)26-13-11-25(12-14-26)23(27)17-30-21-10-9-18-5-1-2-6-19(18)15-21/h1-10,15H,11-14,17H2. The molecule has 0 saturated carbocycles. The molecule has 1 aliphatic heterocycles. The summed E-state index contributed by atoms with van der Waals surface area (Å²) in [7, 11) is -3.79. The molecule has 0 radical (unpaired) electrons. The predicted octanol–water partition coefficient (Wildman–Crippen LogP) is 2.62. The summed E-state index contributed by atoms with van der Waals surface area (Å²) in [4.78, 5) is 14.1. The zero-order valence-electron chi connectivity index (χ0n) is 16.8. The molecule has 0 bridgehead atoms. The van der Waals surface area contributed by atoms with Gasteiger partial charge in [-0.1, -0.05) is 42.5 Å². The van der Waals surface area contributed by atoms with Gasteiger partial charge < -0.3 is 9.64 Å². The number of carbonyl (C=O) groups excluding carboxylic acids is 1. The van der Waals surface area contributed by atoms with E-state index >= 15 is 0 Å². The molecule has 0 unspecified atom stereocenters. The van der Waals surface area contributed by atoms with E-state index in [2.05, 4.69) is 0 Å². The maximum absolute atomic E-state index is 12.9. The Morgan fingerprint density at radius 1 is 0.935 bits per heavy atom. The zero-order chi connectivity index (χ0) is 21.8. The number of sulfonamides is 1. The van der Waals surface area contributed by atoms with Gasteiger partial charge in [0.15, 0.2) is 6.61 Å². The van der Waals surface area contributed by atoms with E-state index < -0.39 is 10.0 Å². The SMILES string of the molecule is N#Cc1ccccc1S(=O)(=O)N1CCN(C(=O)COc2ccc3ccccc3c2)CC1. The maximum Gasteiger partial charge on any atom is 0.260 e. The van der Waals surface area contributed by atoms with Crippen LogP contribution in [0.2, 0.25) is 0 Å². The molecule has 31 heavy (non-hydrogen) atoms. The minimum Gasteiger partial charge on any atom is -0.484 e. The van der Waals surface area contributed by atoms with Crippen LogP contribution in [0.15, 0.2) is 71.6 Å². The first-order valence-corrected chi connectivity index (χ1v) is 11.3. The van der Waals surface area contributed by atoms with Crippen molar-refractivity contribution in [3.05, 3.63) is 72.3 Å². The third-order valence-corrected chi connectivity index (χ3v) is 7.26. The summed E-state index contributed by atoms with van der Waals surface area (Å²) in [6.45, 7) is 0.776. The monoisotopic (exact) mass is 435 g/mol. The Morgan fingerprint density at radius 3 is 2.35 bits per heavy atom. The Labute approximate surface area is 181 Å². The van der Waals surface area contributed by atoms with Gasteiger partial charge >= 0.3 is 0 Å². The molecule has 8 heteroatoms. The van der Waals surface area contributed by atoms with Gasteiger partial charge in [-0.3, -0.25) is 4.79 Å². The molecular weight excluding hydrogens is 414 g/mol. The lowest BCUT2D eigenvalue weighted by atomic mass is 10.1. The van der Waals surface area contributed by atoms with Gasteiger partial charge in [0.2, 0.25) is 10.0 Å². The van der Waals surface area contributed by atoms with Gasteiger partial charge in [0.1, 0.15) is 11.8 Å². The van der Waals surface area contributed by atoms with E-state index in [0.29, 0.717) is 5.75 Å². The molecule has 0 spiro atoms. The van der Waals surface area contributed by atoms with Crippen molar-refractivity contribution in [1.82, 2.24) is 9.21 Å². The number of nitrogens with zero attached hydrogens (tertiary/aromatic N) is 3. The van der Waals surface area contributed by atoms with E-state index in [0.717, 1.165) is 10.8 Å². The molecule has 1 fully saturated rings. The van der Waals surface area contributed by atoms with Crippen LogP contribution in [0.1, 0.15) is 5.56 Å². The second kappa shape index (κ2) is 8.76. The molecule has 4 rings (SSSR count). The van der Waals surface area contributed by atoms with E-state index in [-0.39, 0.29) is 49.2 Å². The van der Waals surface area contributed by atoms with Crippen molar-refractivity contribution >= 4 is 26.7 Å². The van der Waals surface area contributed by atoms with E-state index in [9.17, 15) is 18.5 Å². The largest absolute Gasteiger partial charge is 0.484 e. The second-order valence-electron chi connectivity index (χ2n) is 7.19. The smallest absolute Gasteiger partial charge is 0.260 e. The Bertz CT molecular complexity index is 1260. The predicted molar refractivity (Wildman–Crippen MR) is 116 cm³/mol. The average Bonchev–Trinajstić information content (AvgIpc) is 2.82. The van der Waals surface area contributed by atoms with Gasteiger partial charge in [0.25, 0.3) is 5.91 Å². The van der Waals surface area contributed by atoms with Gasteiger partial charge in [0, 0.05) is 26.2 Å². The molecule has 1 amide bonds. The zero-order valence-corrected chi connectivity index (χ0v) is 17.6. The number of carbonyl (C=O) groups is 1. The first-order valence-electron chi connectivity index (χ1n) is 9.88. The van der Waals surface area contributed by atoms with Crippen LogP contribution >= 0.6 is 0 Å². The van der Waals surface area contributed by atoms with Crippen LogP contribution in [0.25, 0.3) is 10.8 Å². The number of rotatable bonds is 5. The van der Waals surface area contributed by atoms with Gasteiger partial charge in [-0.25, -0.2) is 8.42 Å². The van der Waals surface area contributed by atoms with Gasteiger partial charge in [-0.15, -0.1) is 0 Å². The highest BCUT2D eigenvalue weighted by atomic mass is 32.2. The van der Waals surface area contributed by atoms with Gasteiger partial charge in [-0.2, -0.15) is 9.57 Å². The number of nitriles is 1. The summed E-state index contributed by atoms with van der Waals surface area (Å²) in [5.41, 5.74) is 0.116. The molecule has 1 heterocycles. The lowest BCUT2D eigenvalue weighted by Gasteiger charge is -2.34. The van der Waals surface area contributed by atoms with Crippen molar-refractivity contribution in [3.63, 3.8) is 0 Å². The van der Waals surface area contributed by atoms with Crippen molar-refractivity contribution in [1.29, 1.82) is 5.26 Å². The molecule has 158 valence electrons. The van der Waals surface area contributed by atoms with E-state index in [1.165, 1.54) is 16.4 Å². The summed E-state index contributed by atoms with van der Waals surface area (Å²) >= 11 is 0. The quantitative estimate of drug-likeness (QED) is 0.615. The number of benzene rings is 3. The van der Waals surface area contributed by atoms with Crippen LogP contribution < -0.4 is 4.74 Å². The van der Waals surface area contributed by atoms with E-state index in [1.54, 1.807) is 17.0 Å². The van der Waals surface area contributed by atoms with Crippen molar-refractivity contribution in [2.75, 3.05) is 32.8 Å². The van der Waals surface area contributed by atoms with Crippen LogP contribution in [-0.2, 0) is 14.8 Å². The molecule has 1 aliphatic rings. The summed E-state index contributed by atoms with van der Waals surface area (Å²) in [5, 5.41) is 11.3. The van der Waals surface area contributed by atoms with Crippen LogP contribution in [0.3, 0.4) is 0 Å². The van der Waals surface area contributed by atoms with Crippen LogP contribution in [0.5, 0.6) is 5.75 Å². The Balaban J connectivity index is 1.35. The topological polar surface area (TPSA) is 90.7 Å². The average molecular weight is 436 g/mol. The molecule has 7 nitrogen and oxygen atoms in total. The van der Waals surface area contributed by atoms with E-state index in [1.807, 2.05) is 48.5 Å². The molecular formula is C23H21N3O4S. The first-order chi connectivity index (χ1) is 15.0. The highest BCUT2D eigenvalue weighted by Crippen LogP contribution is 2.22. The number of piperazine rings is 1. The van der Waals surface area contributed by atoms with Crippen molar-refractivity contribution < 1.29 is 17.9 Å². The molecule has 1 saturated heterocycles. The fourth-order valence-electron chi connectivity index (χ4n) is 3.59. The minimum atomic E-state index is -3.79. The Morgan fingerprint density at radius 2 is 1.61 bits per heavy atom. The third-order valence-electron chi connectivity index (χ3n) is 5.30. The highest BCUT2D eigenvalue weighted by molar-refractivity contribution is 7.89. The second-order valence-corrected chi connectivity index (χ2v) is 9.10. The van der Waals surface area contributed by atoms with Crippen LogP contribution in [0, 0.1) is 11.3 Å². The number of hydrogen-bond acceptors (Lipinski definition) is 5. The Hall–Kier alpha value is -3.41. The summed E-state index contributed by atoms with van der Waals surface area (Å²) in [6.07, 6.45) is 0. The summed E-state index contributed by atoms with van der Waals surface area (Å²) < 4.78 is 32.8. The molecule has 0 N–H and O–H groups in total.